The van der Waals surface area contributed by atoms with Crippen molar-refractivity contribution in [2.24, 2.45) is 4.99 Å². The number of rotatable bonds is 3. The number of halogens is 1. The van der Waals surface area contributed by atoms with Crippen LogP contribution >= 0.6 is 35.3 Å². The maximum absolute atomic E-state index is 6.01. The third kappa shape index (κ3) is 4.92. The second kappa shape index (κ2) is 9.49. The molecule has 2 aromatic rings. The first-order valence-corrected chi connectivity index (χ1v) is 9.08. The lowest BCUT2D eigenvalue weighted by molar-refractivity contribution is -0.00833. The summed E-state index contributed by atoms with van der Waals surface area (Å²) < 4.78 is 6.01. The fourth-order valence-corrected chi connectivity index (χ4v) is 3.68. The second-order valence-corrected chi connectivity index (χ2v) is 6.86. The lowest BCUT2D eigenvalue weighted by Crippen LogP contribution is -2.48. The van der Waals surface area contributed by atoms with Gasteiger partial charge in [0.25, 0.3) is 0 Å². The lowest BCUT2D eigenvalue weighted by atomic mass is 10.0. The van der Waals surface area contributed by atoms with Gasteiger partial charge < -0.3 is 15.0 Å². The number of benzene rings is 1. The Balaban J connectivity index is 0.00000225. The molecule has 1 unspecified atom stereocenters. The van der Waals surface area contributed by atoms with Gasteiger partial charge in [-0.3, -0.25) is 4.99 Å². The van der Waals surface area contributed by atoms with Crippen molar-refractivity contribution in [3.8, 4) is 0 Å². The van der Waals surface area contributed by atoms with E-state index in [2.05, 4.69) is 51.4 Å². The fraction of sp³-hybridized carbons (Fsp3) is 0.444. The van der Waals surface area contributed by atoms with Crippen LogP contribution in [0.5, 0.6) is 0 Å². The second-order valence-electron chi connectivity index (χ2n) is 5.92. The first-order chi connectivity index (χ1) is 11.7. The molecule has 0 radical (unpaired) electrons. The van der Waals surface area contributed by atoms with Crippen LogP contribution in [0, 0.1) is 13.8 Å². The largest absolute Gasteiger partial charge is 0.370 e. The third-order valence-electron chi connectivity index (χ3n) is 4.37. The normalized spacial score (nSPS) is 18.0. The molecule has 3 rings (SSSR count). The molecule has 0 saturated carbocycles. The van der Waals surface area contributed by atoms with Gasteiger partial charge in [0.05, 0.1) is 30.9 Å². The van der Waals surface area contributed by atoms with Crippen molar-refractivity contribution in [1.29, 1.82) is 0 Å². The van der Waals surface area contributed by atoms with E-state index in [1.54, 1.807) is 11.3 Å². The van der Waals surface area contributed by atoms with Crippen molar-refractivity contribution >= 4 is 41.3 Å². The number of nitrogens with one attached hydrogen (secondary N) is 1. The topological polar surface area (TPSA) is 49.8 Å². The molecule has 0 aliphatic carbocycles. The molecule has 2 heterocycles. The van der Waals surface area contributed by atoms with Gasteiger partial charge in [0.2, 0.25) is 0 Å². The highest BCUT2D eigenvalue weighted by Gasteiger charge is 2.25. The summed E-state index contributed by atoms with van der Waals surface area (Å²) in [7, 11) is 1.83. The molecular weight excluding hydrogens is 447 g/mol. The van der Waals surface area contributed by atoms with Gasteiger partial charge in [0.1, 0.15) is 6.10 Å². The molecular formula is C18H25IN4OS. The summed E-state index contributed by atoms with van der Waals surface area (Å²) in [6.45, 7) is 7.31. The highest BCUT2D eigenvalue weighted by molar-refractivity contribution is 14.0. The van der Waals surface area contributed by atoms with Gasteiger partial charge in [0.15, 0.2) is 5.96 Å². The molecule has 25 heavy (non-hydrogen) atoms. The number of hydrogen-bond acceptors (Lipinski definition) is 4. The van der Waals surface area contributed by atoms with E-state index in [1.807, 2.05) is 19.5 Å². The number of ether oxygens (including phenoxy) is 1. The molecule has 7 heteroatoms. The van der Waals surface area contributed by atoms with Crippen LogP contribution in [0.25, 0.3) is 0 Å². The first kappa shape index (κ1) is 20.1. The number of hydrogen-bond donors (Lipinski definition) is 1. The number of aromatic nitrogens is 1. The number of thiazole rings is 1. The highest BCUT2D eigenvalue weighted by Crippen LogP contribution is 2.25. The van der Waals surface area contributed by atoms with E-state index in [1.165, 1.54) is 16.0 Å². The molecule has 5 nitrogen and oxygen atoms in total. The zero-order valence-corrected chi connectivity index (χ0v) is 18.0. The maximum atomic E-state index is 6.01. The SMILES string of the molecule is CN=C(NCc1scnc1C)N1CCOC(c2ccccc2C)C1.I. The van der Waals surface area contributed by atoms with E-state index < -0.39 is 0 Å². The standard InChI is InChI=1S/C18H24N4OS.HI/c1-13-6-4-5-7-15(13)16-11-22(8-9-23-16)18(19-3)20-10-17-14(2)21-12-24-17;/h4-7,12,16H,8-11H2,1-3H3,(H,19,20);1H. The minimum Gasteiger partial charge on any atom is -0.370 e. The molecule has 0 amide bonds. The Morgan fingerprint density at radius 1 is 1.40 bits per heavy atom. The summed E-state index contributed by atoms with van der Waals surface area (Å²) in [6.07, 6.45) is 0.0867. The summed E-state index contributed by atoms with van der Waals surface area (Å²) >= 11 is 1.68. The van der Waals surface area contributed by atoms with Crippen molar-refractivity contribution in [3.63, 3.8) is 0 Å². The highest BCUT2D eigenvalue weighted by atomic mass is 127. The smallest absolute Gasteiger partial charge is 0.194 e. The van der Waals surface area contributed by atoms with Gasteiger partial charge in [-0.1, -0.05) is 24.3 Å². The Kier molecular flexibility index (Phi) is 7.64. The van der Waals surface area contributed by atoms with E-state index in [4.69, 9.17) is 4.74 Å². The van der Waals surface area contributed by atoms with E-state index in [9.17, 15) is 0 Å². The number of nitrogens with zero attached hydrogens (tertiary/aromatic N) is 3. The summed E-state index contributed by atoms with van der Waals surface area (Å²) in [5, 5.41) is 3.46. The van der Waals surface area contributed by atoms with E-state index in [0.717, 1.165) is 31.3 Å². The number of aryl methyl sites for hydroxylation is 2. The molecule has 136 valence electrons. The zero-order chi connectivity index (χ0) is 16.9. The van der Waals surface area contributed by atoms with E-state index in [0.29, 0.717) is 6.61 Å². The van der Waals surface area contributed by atoms with Crippen LogP contribution in [0.3, 0.4) is 0 Å². The Hall–Kier alpha value is -1.19. The molecule has 1 saturated heterocycles. The number of morpholine rings is 1. The minimum absolute atomic E-state index is 0. The summed E-state index contributed by atoms with van der Waals surface area (Å²) in [6, 6.07) is 8.43. The van der Waals surface area contributed by atoms with Crippen molar-refractivity contribution in [3.05, 3.63) is 51.5 Å². The average Bonchev–Trinajstić information content (AvgIpc) is 3.01. The van der Waals surface area contributed by atoms with Crippen molar-refractivity contribution in [2.75, 3.05) is 26.7 Å². The predicted molar refractivity (Wildman–Crippen MR) is 114 cm³/mol. The Bertz CT molecular complexity index is 719. The van der Waals surface area contributed by atoms with Gasteiger partial charge in [-0.2, -0.15) is 0 Å². The quantitative estimate of drug-likeness (QED) is 0.422. The van der Waals surface area contributed by atoms with Crippen molar-refractivity contribution in [1.82, 2.24) is 15.2 Å². The molecule has 1 atom stereocenters. The van der Waals surface area contributed by atoms with Gasteiger partial charge in [-0.05, 0) is 25.0 Å². The van der Waals surface area contributed by atoms with Crippen LogP contribution in [0.1, 0.15) is 27.8 Å². The maximum Gasteiger partial charge on any atom is 0.194 e. The zero-order valence-electron chi connectivity index (χ0n) is 14.9. The molecule has 1 N–H and O–H groups in total. The molecule has 1 aliphatic rings. The Labute approximate surface area is 170 Å². The molecule has 1 aliphatic heterocycles. The van der Waals surface area contributed by atoms with Gasteiger partial charge in [-0.15, -0.1) is 35.3 Å². The molecule has 1 aromatic carbocycles. The van der Waals surface area contributed by atoms with Gasteiger partial charge >= 0.3 is 0 Å². The van der Waals surface area contributed by atoms with Crippen LogP contribution in [-0.2, 0) is 11.3 Å². The van der Waals surface area contributed by atoms with E-state index in [-0.39, 0.29) is 30.1 Å². The van der Waals surface area contributed by atoms with Crippen LogP contribution < -0.4 is 5.32 Å². The van der Waals surface area contributed by atoms with Crippen LogP contribution in [0.15, 0.2) is 34.8 Å². The first-order valence-electron chi connectivity index (χ1n) is 8.20. The summed E-state index contributed by atoms with van der Waals surface area (Å²) in [5.41, 5.74) is 5.50. The molecule has 1 fully saturated rings. The molecule has 1 aromatic heterocycles. The summed E-state index contributed by atoms with van der Waals surface area (Å²) in [4.78, 5) is 12.3. The summed E-state index contributed by atoms with van der Waals surface area (Å²) in [5.74, 6) is 0.921. The van der Waals surface area contributed by atoms with Crippen LogP contribution in [0.4, 0.5) is 0 Å². The predicted octanol–water partition coefficient (Wildman–Crippen LogP) is 3.53. The van der Waals surface area contributed by atoms with Crippen LogP contribution in [0.2, 0.25) is 0 Å². The average molecular weight is 472 g/mol. The molecule has 0 spiro atoms. The van der Waals surface area contributed by atoms with Gasteiger partial charge in [-0.25, -0.2) is 4.98 Å². The van der Waals surface area contributed by atoms with Gasteiger partial charge in [0, 0.05) is 18.5 Å². The minimum atomic E-state index is 0. The van der Waals surface area contributed by atoms with Crippen LogP contribution in [-0.4, -0.2) is 42.6 Å². The van der Waals surface area contributed by atoms with Crippen molar-refractivity contribution in [2.45, 2.75) is 26.5 Å². The third-order valence-corrected chi connectivity index (χ3v) is 5.30. The molecule has 0 bridgehead atoms. The monoisotopic (exact) mass is 472 g/mol. The number of aliphatic imine (C=N–C) groups is 1. The Morgan fingerprint density at radius 2 is 2.20 bits per heavy atom. The van der Waals surface area contributed by atoms with Crippen molar-refractivity contribution < 1.29 is 4.74 Å². The lowest BCUT2D eigenvalue weighted by Gasteiger charge is -2.35. The Morgan fingerprint density at radius 3 is 2.88 bits per heavy atom. The van der Waals surface area contributed by atoms with E-state index >= 15 is 0 Å². The fourth-order valence-electron chi connectivity index (χ4n) is 2.97. The number of guanidine groups is 1.